The van der Waals surface area contributed by atoms with Gasteiger partial charge in [-0.3, -0.25) is 19.6 Å². The van der Waals surface area contributed by atoms with Crippen molar-refractivity contribution in [1.82, 2.24) is 24.9 Å². The van der Waals surface area contributed by atoms with Gasteiger partial charge in [0.05, 0.1) is 100 Å². The van der Waals surface area contributed by atoms with Crippen LogP contribution in [0.1, 0.15) is 122 Å². The minimum absolute atomic E-state index is 0.0640. The number of methoxy groups -OCH3 is 1. The Balaban J connectivity index is 0.000000369. The summed E-state index contributed by atoms with van der Waals surface area (Å²) in [7, 11) is 0.701. The van der Waals surface area contributed by atoms with Crippen molar-refractivity contribution < 1.29 is 71.8 Å². The highest BCUT2D eigenvalue weighted by molar-refractivity contribution is 6.76. The molecule has 2 amide bonds. The Morgan fingerprint density at radius 3 is 1.17 bits per heavy atom. The highest BCUT2D eigenvalue weighted by atomic mass is 35.5. The zero-order valence-corrected chi connectivity index (χ0v) is 76.4. The van der Waals surface area contributed by atoms with E-state index in [0.717, 1.165) is 88.6 Å². The monoisotopic (exact) mass is 1740 g/mol. The summed E-state index contributed by atoms with van der Waals surface area (Å²) in [4.78, 5) is 90.5. The van der Waals surface area contributed by atoms with E-state index in [2.05, 4.69) is 106 Å². The Morgan fingerprint density at radius 1 is 0.450 bits per heavy atom. The van der Waals surface area contributed by atoms with Crippen molar-refractivity contribution in [2.75, 3.05) is 109 Å². The Labute approximate surface area is 732 Å². The van der Waals surface area contributed by atoms with E-state index < -0.39 is 43.4 Å². The van der Waals surface area contributed by atoms with Crippen LogP contribution in [0.5, 0.6) is 0 Å². The summed E-state index contributed by atoms with van der Waals surface area (Å²) in [5, 5.41) is 12.9. The van der Waals surface area contributed by atoms with Gasteiger partial charge in [-0.1, -0.05) is 240 Å². The number of carbonyl (C=O) groups excluding carboxylic acids is 6. The molecule has 0 fully saturated rings. The van der Waals surface area contributed by atoms with Gasteiger partial charge in [0.25, 0.3) is 0 Å². The highest BCUT2D eigenvalue weighted by Gasteiger charge is 2.36. The number of rotatable bonds is 20. The standard InChI is InChI=1S/C20H21NO2.C18H23NO4.C16H19NO4.C13H15NO2.C13H23NOSi.C11H10O2.C2H6.2CH2Cl2/c1-2-23-20(22)19-15-21(13-16-9-5-3-6-10-16)14-18(19)17-11-7-4-8-12-17;1-5-22-16(20)15-12-19(17(21)23-18(2,3)4)11-14(15)13-9-7-6-8-10-13;1-16(2,3)21-15(20)17-9-12(13(10-17)14(18)19)11-7-5-4-6-8-11;1-2-16-13(15)12-9-14-8-11(12)10-6-4-3-5-7-10;1-15-11-14(12-16(2,3)4)10-13-8-6-5-7-9-13;1-2-13-11(12)9-8-10-6-4-3-5-7-10;1-2;2*2-1-3/h3-12H,2,13-15H2,1H3;6-10H,5,11-12H2,1-4H3;4-8H,9-10H2,1-3H3,(H,18,19);3-7,14H,2,8-9H2,1H3;5-9H,10-12H2,1-4H3;3-7H,2H2,1H3;1-2H3;2*1H2. The first kappa shape index (κ1) is 104. The van der Waals surface area contributed by atoms with Crippen molar-refractivity contribution in [3.8, 4) is 11.8 Å². The molecular formula is C95H121Cl4N5O15Si. The molecule has 0 aromatic heterocycles. The topological polar surface area (TPSA) is 229 Å². The first-order valence-corrected chi connectivity index (χ1v) is 45.7. The number of carbonyl (C=O) groups is 7. The third-order valence-corrected chi connectivity index (χ3v) is 18.1. The number of hydrogen-bond acceptors (Lipinski definition) is 17. The Morgan fingerprint density at radius 2 is 0.792 bits per heavy atom. The van der Waals surface area contributed by atoms with Crippen LogP contribution >= 0.6 is 46.4 Å². The van der Waals surface area contributed by atoms with E-state index in [0.29, 0.717) is 57.2 Å². The number of halogens is 4. The van der Waals surface area contributed by atoms with Gasteiger partial charge in [-0.25, -0.2) is 33.6 Å². The van der Waals surface area contributed by atoms with Gasteiger partial charge < -0.3 is 43.6 Å². The summed E-state index contributed by atoms with van der Waals surface area (Å²) >= 11 is 19.1. The molecular weight excluding hydrogens is 1620 g/mol. The van der Waals surface area contributed by atoms with E-state index in [4.69, 9.17) is 74.8 Å². The van der Waals surface area contributed by atoms with Crippen molar-refractivity contribution in [3.05, 3.63) is 274 Å². The molecule has 120 heavy (non-hydrogen) atoms. The molecule has 20 nitrogen and oxygen atoms in total. The number of carboxylic acids is 1. The molecule has 0 aliphatic carbocycles. The van der Waals surface area contributed by atoms with Crippen LogP contribution in [-0.4, -0.2) is 195 Å². The molecule has 7 aromatic carbocycles. The first-order chi connectivity index (χ1) is 57.4. The third kappa shape index (κ3) is 40.5. The maximum Gasteiger partial charge on any atom is 0.410 e. The van der Waals surface area contributed by atoms with Gasteiger partial charge in [0, 0.05) is 57.9 Å². The summed E-state index contributed by atoms with van der Waals surface area (Å²) < 4.78 is 36.0. The van der Waals surface area contributed by atoms with Crippen LogP contribution in [0.25, 0.3) is 22.3 Å². The van der Waals surface area contributed by atoms with Crippen molar-refractivity contribution in [2.45, 2.75) is 127 Å². The van der Waals surface area contributed by atoms with Gasteiger partial charge in [-0.15, -0.1) is 46.4 Å². The molecule has 0 unspecified atom stereocenters. The SMILES string of the molecule is CC.CC(C)(C)OC(=O)N1CC(C(=O)O)=C(c2ccccc2)C1.CCOC(=O)C#Cc1ccccc1.CCOC(=O)C1=C(c2ccccc2)CN(C(=O)OC(C)(C)C)C1.CCOC(=O)C1=C(c2ccccc2)CN(Cc2ccccc2)C1.CCOC(=O)C1=C(c2ccccc2)CNC1.COCN(Cc1ccccc1)C[Si](C)(C)C.ClCCl.ClCCl. The predicted molar refractivity (Wildman–Crippen MR) is 488 cm³/mol. The molecule has 0 radical (unpaired) electrons. The average Bonchev–Trinajstić information content (AvgIpc) is 1.67. The number of amides is 2. The summed E-state index contributed by atoms with van der Waals surface area (Å²) in [6.45, 7) is 36.8. The molecule has 2 N–H and O–H groups in total. The number of hydrogen-bond donors (Lipinski definition) is 2. The molecule has 0 saturated heterocycles. The van der Waals surface area contributed by atoms with Crippen LogP contribution in [0.15, 0.2) is 235 Å². The van der Waals surface area contributed by atoms with Crippen LogP contribution in [-0.2, 0) is 70.2 Å². The van der Waals surface area contributed by atoms with E-state index in [-0.39, 0.29) is 53.8 Å². The fraction of sp³-hybridized carbons (Fsp3) is 0.379. The number of alkyl halides is 4. The summed E-state index contributed by atoms with van der Waals surface area (Å²) in [5.74, 6) is 2.84. The lowest BCUT2D eigenvalue weighted by Gasteiger charge is -2.28. The van der Waals surface area contributed by atoms with Crippen LogP contribution in [0.3, 0.4) is 0 Å². The number of nitrogens with one attached hydrogen (secondary N) is 1. The summed E-state index contributed by atoms with van der Waals surface area (Å²) in [6, 6.07) is 69.1. The molecule has 0 bridgehead atoms. The number of aliphatic carboxylic acids is 1. The fourth-order valence-electron chi connectivity index (χ4n) is 12.0. The van der Waals surface area contributed by atoms with Crippen molar-refractivity contribution >= 4 is 119 Å². The van der Waals surface area contributed by atoms with E-state index in [1.165, 1.54) is 27.1 Å². The number of nitrogens with zero attached hydrogens (tertiary/aromatic N) is 4. The Kier molecular flexibility index (Phi) is 49.9. The molecule has 0 spiro atoms. The minimum atomic E-state index is -1.07. The summed E-state index contributed by atoms with van der Waals surface area (Å²) in [5.41, 5.74) is 12.1. The molecule has 25 heteroatoms. The van der Waals surface area contributed by atoms with Crippen LogP contribution < -0.4 is 5.32 Å². The van der Waals surface area contributed by atoms with Crippen LogP contribution in [0.4, 0.5) is 9.59 Å². The van der Waals surface area contributed by atoms with E-state index in [9.17, 15) is 38.7 Å². The number of esters is 4. The van der Waals surface area contributed by atoms with Crippen molar-refractivity contribution in [2.24, 2.45) is 0 Å². The van der Waals surface area contributed by atoms with Gasteiger partial charge in [-0.2, -0.15) is 0 Å². The van der Waals surface area contributed by atoms with Gasteiger partial charge in [0.2, 0.25) is 0 Å². The molecule has 0 atom stereocenters. The maximum atomic E-state index is 12.3. The molecule has 7 aromatic rings. The molecule has 648 valence electrons. The largest absolute Gasteiger partial charge is 0.478 e. The van der Waals surface area contributed by atoms with Crippen LogP contribution in [0.2, 0.25) is 19.6 Å². The predicted octanol–water partition coefficient (Wildman–Crippen LogP) is 19.6. The second kappa shape index (κ2) is 57.4. The lowest BCUT2D eigenvalue weighted by atomic mass is 10.0. The summed E-state index contributed by atoms with van der Waals surface area (Å²) in [6.07, 6.45) is 0.257. The molecule has 0 saturated carbocycles. The zero-order valence-electron chi connectivity index (χ0n) is 72.4. The number of carboxylic acid groups (broad SMARTS) is 1. The third-order valence-electron chi connectivity index (χ3n) is 16.7. The lowest BCUT2D eigenvalue weighted by Crippen LogP contribution is -2.40. The van der Waals surface area contributed by atoms with Crippen molar-refractivity contribution in [1.29, 1.82) is 0 Å². The molecule has 4 aliphatic heterocycles. The van der Waals surface area contributed by atoms with Gasteiger partial charge in [-0.05, 0) is 143 Å². The van der Waals surface area contributed by atoms with E-state index >= 15 is 0 Å². The molecule has 4 aliphatic rings. The van der Waals surface area contributed by atoms with Gasteiger partial charge in [0.15, 0.2) is 0 Å². The normalized spacial score (nSPS) is 13.3. The van der Waals surface area contributed by atoms with E-state index in [1.807, 2.05) is 206 Å². The first-order valence-electron chi connectivity index (χ1n) is 39.9. The van der Waals surface area contributed by atoms with Gasteiger partial charge in [0.1, 0.15) is 11.2 Å². The second-order valence-corrected chi connectivity index (χ2v) is 36.7. The number of benzene rings is 7. The smallest absolute Gasteiger partial charge is 0.410 e. The molecule has 11 rings (SSSR count). The lowest BCUT2D eigenvalue weighted by molar-refractivity contribution is -0.139. The second-order valence-electron chi connectivity index (χ2n) is 29.7. The minimum Gasteiger partial charge on any atom is -0.478 e. The van der Waals surface area contributed by atoms with E-state index in [1.54, 1.807) is 41.7 Å². The number of ether oxygens (including phenoxy) is 7. The quantitative estimate of drug-likeness (QED) is 0.0180. The maximum absolute atomic E-state index is 12.3. The highest BCUT2D eigenvalue weighted by Crippen LogP contribution is 2.32. The Bertz CT molecular complexity index is 4420. The average molecular weight is 1740 g/mol. The fourth-order valence-corrected chi connectivity index (χ4v) is 13.6. The van der Waals surface area contributed by atoms with Crippen molar-refractivity contribution in [3.63, 3.8) is 0 Å². The molecule has 4 heterocycles. The Hall–Kier alpha value is -9.83. The van der Waals surface area contributed by atoms with Gasteiger partial charge >= 0.3 is 42.0 Å². The zero-order chi connectivity index (χ0) is 89.1. The van der Waals surface area contributed by atoms with Crippen LogP contribution in [0, 0.1) is 11.8 Å².